The van der Waals surface area contributed by atoms with Crippen molar-refractivity contribution in [3.63, 3.8) is 0 Å². The van der Waals surface area contributed by atoms with Crippen LogP contribution in [0.4, 0.5) is 0 Å². The van der Waals surface area contributed by atoms with Gasteiger partial charge in [-0.25, -0.2) is 0 Å². The molecule has 0 saturated carbocycles. The van der Waals surface area contributed by atoms with Crippen LogP contribution in [0.5, 0.6) is 0 Å². The Labute approximate surface area is 152 Å². The zero-order chi connectivity index (χ0) is 17.8. The zero-order valence-electron chi connectivity index (χ0n) is 14.5. The first kappa shape index (κ1) is 18.0. The van der Waals surface area contributed by atoms with Crippen molar-refractivity contribution in [2.75, 3.05) is 19.7 Å². The van der Waals surface area contributed by atoms with Crippen LogP contribution in [0.3, 0.4) is 0 Å². The smallest absolute Gasteiger partial charge is 0.289 e. The highest BCUT2D eigenvalue weighted by Gasteiger charge is 2.35. The first-order valence-corrected chi connectivity index (χ1v) is 9.42. The minimum absolute atomic E-state index is 0.201. The highest BCUT2D eigenvalue weighted by atomic mass is 32.2. The van der Waals surface area contributed by atoms with Gasteiger partial charge in [0.25, 0.3) is 5.91 Å². The Morgan fingerprint density at radius 1 is 1.28 bits per heavy atom. The number of hydrogen-bond acceptors (Lipinski definition) is 5. The maximum atomic E-state index is 12.5. The third-order valence-corrected chi connectivity index (χ3v) is 5.21. The molecule has 0 spiro atoms. The van der Waals surface area contributed by atoms with E-state index in [1.807, 2.05) is 13.0 Å². The number of amides is 1. The van der Waals surface area contributed by atoms with Gasteiger partial charge in [0, 0.05) is 18.0 Å². The van der Waals surface area contributed by atoms with Crippen molar-refractivity contribution < 1.29 is 19.1 Å². The summed E-state index contributed by atoms with van der Waals surface area (Å²) in [5, 5.41) is 9.97. The summed E-state index contributed by atoms with van der Waals surface area (Å²) in [5.41, 5.74) is 1.23. The molecule has 0 aliphatic carbocycles. The third kappa shape index (κ3) is 4.45. The van der Waals surface area contributed by atoms with Crippen molar-refractivity contribution in [2.45, 2.75) is 36.7 Å². The van der Waals surface area contributed by atoms with E-state index in [4.69, 9.17) is 9.15 Å². The van der Waals surface area contributed by atoms with Crippen molar-refractivity contribution in [1.82, 2.24) is 4.90 Å². The van der Waals surface area contributed by atoms with E-state index in [0.717, 1.165) is 10.7 Å². The minimum Gasteiger partial charge on any atom is -0.455 e. The number of nitrogens with zero attached hydrogens (tertiary/aromatic N) is 1. The van der Waals surface area contributed by atoms with Crippen LogP contribution in [-0.4, -0.2) is 47.8 Å². The number of furan rings is 1. The fraction of sp³-hybridized carbons (Fsp3) is 0.421. The number of carbonyl (C=O) groups excluding carboxylic acids is 1. The molecule has 1 N–H and O–H groups in total. The molecule has 1 aliphatic rings. The number of thioether (sulfide) groups is 1. The molecule has 25 heavy (non-hydrogen) atoms. The topological polar surface area (TPSA) is 62.9 Å². The van der Waals surface area contributed by atoms with Gasteiger partial charge in [-0.15, -0.1) is 11.8 Å². The lowest BCUT2D eigenvalue weighted by atomic mass is 10.2. The van der Waals surface area contributed by atoms with Crippen molar-refractivity contribution in [3.05, 3.63) is 53.5 Å². The predicted octanol–water partition coefficient (Wildman–Crippen LogP) is 3.10. The summed E-state index contributed by atoms with van der Waals surface area (Å²) < 4.78 is 11.2. The lowest BCUT2D eigenvalue weighted by Crippen LogP contribution is -2.29. The van der Waals surface area contributed by atoms with Gasteiger partial charge in [0.15, 0.2) is 5.76 Å². The number of carbonyl (C=O) groups is 1. The minimum atomic E-state index is -0.643. The number of rotatable bonds is 6. The maximum absolute atomic E-state index is 12.5. The van der Waals surface area contributed by atoms with E-state index in [9.17, 15) is 9.90 Å². The Morgan fingerprint density at radius 3 is 2.76 bits per heavy atom. The lowest BCUT2D eigenvalue weighted by molar-refractivity contribution is -0.00239. The first-order valence-electron chi connectivity index (χ1n) is 8.44. The van der Waals surface area contributed by atoms with Gasteiger partial charge in [0.2, 0.25) is 0 Å². The largest absolute Gasteiger partial charge is 0.455 e. The van der Waals surface area contributed by atoms with E-state index in [-0.39, 0.29) is 18.6 Å². The van der Waals surface area contributed by atoms with Crippen LogP contribution >= 0.6 is 11.8 Å². The average molecular weight is 361 g/mol. The van der Waals surface area contributed by atoms with E-state index >= 15 is 0 Å². The number of aliphatic hydroxyl groups is 1. The summed E-state index contributed by atoms with van der Waals surface area (Å²) in [6.45, 7) is 5.12. The third-order valence-electron chi connectivity index (χ3n) is 4.18. The number of likely N-dealkylation sites (tertiary alicyclic amines) is 1. The molecule has 1 aromatic heterocycles. The van der Waals surface area contributed by atoms with Crippen LogP contribution in [0.15, 0.2) is 45.7 Å². The van der Waals surface area contributed by atoms with Gasteiger partial charge in [0.1, 0.15) is 11.9 Å². The standard InChI is InChI=1S/C19H23NO4S/c1-3-23-18-11-20(10-16(18)21)19(22)17-9-6-14(24-17)12-25-15-7-4-13(2)5-8-15/h4-9,16,18,21H,3,10-12H2,1-2H3/t16-,18-/m0/s1. The zero-order valence-corrected chi connectivity index (χ0v) is 15.3. The summed E-state index contributed by atoms with van der Waals surface area (Å²) in [6, 6.07) is 11.8. The van der Waals surface area contributed by atoms with Gasteiger partial charge in [-0.1, -0.05) is 17.7 Å². The van der Waals surface area contributed by atoms with E-state index in [2.05, 4.69) is 31.2 Å². The fourth-order valence-electron chi connectivity index (χ4n) is 2.82. The second-order valence-corrected chi connectivity index (χ2v) is 7.19. The lowest BCUT2D eigenvalue weighted by Gasteiger charge is -2.14. The van der Waals surface area contributed by atoms with E-state index < -0.39 is 6.10 Å². The van der Waals surface area contributed by atoms with Crippen LogP contribution in [0.2, 0.25) is 0 Å². The SMILES string of the molecule is CCO[C@H]1CN(C(=O)c2ccc(CSc3ccc(C)cc3)o2)C[C@@H]1O. The molecule has 1 saturated heterocycles. The van der Waals surface area contributed by atoms with Crippen molar-refractivity contribution in [1.29, 1.82) is 0 Å². The molecule has 3 rings (SSSR count). The summed E-state index contributed by atoms with van der Waals surface area (Å²) in [4.78, 5) is 15.3. The first-order chi connectivity index (χ1) is 12.1. The van der Waals surface area contributed by atoms with Gasteiger partial charge >= 0.3 is 0 Å². The van der Waals surface area contributed by atoms with Gasteiger partial charge in [-0.2, -0.15) is 0 Å². The van der Waals surface area contributed by atoms with Crippen LogP contribution < -0.4 is 0 Å². The highest BCUT2D eigenvalue weighted by Crippen LogP contribution is 2.25. The molecule has 1 fully saturated rings. The maximum Gasteiger partial charge on any atom is 0.289 e. The molecule has 1 aliphatic heterocycles. The number of hydrogen-bond donors (Lipinski definition) is 1. The molecule has 6 heteroatoms. The second-order valence-electron chi connectivity index (χ2n) is 6.14. The molecule has 1 aromatic carbocycles. The van der Waals surface area contributed by atoms with E-state index in [1.54, 1.807) is 22.7 Å². The van der Waals surface area contributed by atoms with Gasteiger partial charge in [-0.3, -0.25) is 4.79 Å². The van der Waals surface area contributed by atoms with Crippen LogP contribution in [0.1, 0.15) is 28.8 Å². The predicted molar refractivity (Wildman–Crippen MR) is 96.8 cm³/mol. The van der Waals surface area contributed by atoms with Crippen LogP contribution in [-0.2, 0) is 10.5 Å². The number of ether oxygens (including phenoxy) is 1. The molecule has 1 amide bonds. The van der Waals surface area contributed by atoms with Crippen molar-refractivity contribution >= 4 is 17.7 Å². The van der Waals surface area contributed by atoms with E-state index in [1.165, 1.54) is 5.56 Å². The average Bonchev–Trinajstić information content (AvgIpc) is 3.22. The van der Waals surface area contributed by atoms with Gasteiger partial charge in [-0.05, 0) is 38.1 Å². The second kappa shape index (κ2) is 8.08. The Kier molecular flexibility index (Phi) is 5.83. The number of aryl methyl sites for hydroxylation is 1. The van der Waals surface area contributed by atoms with Crippen molar-refractivity contribution in [3.8, 4) is 0 Å². The Balaban J connectivity index is 1.57. The summed E-state index contributed by atoms with van der Waals surface area (Å²) >= 11 is 1.67. The quantitative estimate of drug-likeness (QED) is 0.801. The summed E-state index contributed by atoms with van der Waals surface area (Å²) in [7, 11) is 0. The number of aliphatic hydroxyl groups excluding tert-OH is 1. The molecule has 0 unspecified atom stereocenters. The number of β-amino-alcohol motifs (C(OH)–C–C–N with tert-alkyl or cyclic N) is 1. The molecular weight excluding hydrogens is 338 g/mol. The molecule has 2 aromatic rings. The van der Waals surface area contributed by atoms with Gasteiger partial charge in [0.05, 0.1) is 18.4 Å². The number of benzene rings is 1. The molecule has 134 valence electrons. The van der Waals surface area contributed by atoms with Crippen LogP contribution in [0, 0.1) is 6.92 Å². The van der Waals surface area contributed by atoms with Crippen molar-refractivity contribution in [2.24, 2.45) is 0 Å². The molecule has 5 nitrogen and oxygen atoms in total. The van der Waals surface area contributed by atoms with Crippen LogP contribution in [0.25, 0.3) is 0 Å². The fourth-order valence-corrected chi connectivity index (χ4v) is 3.61. The molecule has 0 radical (unpaired) electrons. The van der Waals surface area contributed by atoms with E-state index in [0.29, 0.717) is 24.7 Å². The monoisotopic (exact) mass is 361 g/mol. The summed E-state index contributed by atoms with van der Waals surface area (Å²) in [5.74, 6) is 1.53. The normalized spacial score (nSPS) is 20.2. The highest BCUT2D eigenvalue weighted by molar-refractivity contribution is 7.98. The summed E-state index contributed by atoms with van der Waals surface area (Å²) in [6.07, 6.45) is -0.962. The Morgan fingerprint density at radius 2 is 2.04 bits per heavy atom. The molecule has 2 atom stereocenters. The Hall–Kier alpha value is -1.76. The molecular formula is C19H23NO4S. The molecule has 2 heterocycles. The Bertz CT molecular complexity index is 712. The van der Waals surface area contributed by atoms with Gasteiger partial charge < -0.3 is 19.2 Å². The molecule has 0 bridgehead atoms.